The number of piperazine rings is 1. The van der Waals surface area contributed by atoms with E-state index in [1.54, 1.807) is 31.2 Å². The van der Waals surface area contributed by atoms with Crippen LogP contribution in [0, 0.1) is 0 Å². The monoisotopic (exact) mass is 340 g/mol. The second-order valence-electron chi connectivity index (χ2n) is 6.58. The van der Waals surface area contributed by atoms with Crippen molar-refractivity contribution in [2.75, 3.05) is 38.5 Å². The van der Waals surface area contributed by atoms with Crippen molar-refractivity contribution in [3.05, 3.63) is 24.3 Å². The third-order valence-electron chi connectivity index (χ3n) is 4.20. The molecule has 1 saturated heterocycles. The number of hydrogen-bond donors (Lipinski definition) is 1. The zero-order valence-electron chi connectivity index (χ0n) is 14.3. The molecule has 1 aliphatic rings. The summed E-state index contributed by atoms with van der Waals surface area (Å²) < 4.78 is 29.7. The van der Waals surface area contributed by atoms with Gasteiger partial charge in [-0.3, -0.25) is 0 Å². The highest BCUT2D eigenvalue weighted by molar-refractivity contribution is 7.91. The molecule has 1 aromatic carbocycles. The molecule has 1 aliphatic heterocycles. The van der Waals surface area contributed by atoms with Crippen LogP contribution in [0.25, 0.3) is 0 Å². The van der Waals surface area contributed by atoms with Crippen LogP contribution in [0.1, 0.15) is 27.2 Å². The van der Waals surface area contributed by atoms with Crippen molar-refractivity contribution in [1.82, 2.24) is 10.2 Å². The van der Waals surface area contributed by atoms with E-state index in [2.05, 4.69) is 24.1 Å². The highest BCUT2D eigenvalue weighted by Gasteiger charge is 2.22. The molecule has 0 aromatic heterocycles. The van der Waals surface area contributed by atoms with E-state index in [1.165, 1.54) is 0 Å². The summed E-state index contributed by atoms with van der Waals surface area (Å²) in [5.74, 6) is 0.828. The molecule has 0 saturated carbocycles. The molecule has 1 N–H and O–H groups in total. The van der Waals surface area contributed by atoms with Gasteiger partial charge in [0, 0.05) is 32.7 Å². The molecule has 6 heteroatoms. The van der Waals surface area contributed by atoms with E-state index in [0.717, 1.165) is 39.1 Å². The fraction of sp³-hybridized carbons (Fsp3) is 0.647. The Morgan fingerprint density at radius 2 is 1.78 bits per heavy atom. The predicted molar refractivity (Wildman–Crippen MR) is 92.8 cm³/mol. The zero-order chi connectivity index (χ0) is 16.9. The van der Waals surface area contributed by atoms with E-state index >= 15 is 0 Å². The van der Waals surface area contributed by atoms with Crippen LogP contribution in [0.5, 0.6) is 5.75 Å². The van der Waals surface area contributed by atoms with Gasteiger partial charge in [0.2, 0.25) is 0 Å². The minimum absolute atomic E-state index is 0.114. The van der Waals surface area contributed by atoms with Crippen LogP contribution in [0.15, 0.2) is 29.2 Å². The van der Waals surface area contributed by atoms with Crippen molar-refractivity contribution >= 4 is 9.84 Å². The summed E-state index contributed by atoms with van der Waals surface area (Å²) in [5, 5.41) is 3.35. The van der Waals surface area contributed by atoms with Crippen LogP contribution in [-0.2, 0) is 9.84 Å². The standard InChI is InChI=1S/C17H28N2O3S/c1-4-23(20,21)16-7-5-15(6-8-16)22-17(2,3)9-12-19-13-10-18-11-14-19/h5-8,18H,4,9-14H2,1-3H3. The van der Waals surface area contributed by atoms with E-state index in [1.807, 2.05) is 0 Å². The Kier molecular flexibility index (Phi) is 6.06. The number of benzene rings is 1. The van der Waals surface area contributed by atoms with E-state index < -0.39 is 9.84 Å². The van der Waals surface area contributed by atoms with Gasteiger partial charge >= 0.3 is 0 Å². The van der Waals surface area contributed by atoms with Crippen LogP contribution in [0.2, 0.25) is 0 Å². The highest BCUT2D eigenvalue weighted by Crippen LogP contribution is 2.23. The van der Waals surface area contributed by atoms with Crippen molar-refractivity contribution in [3.8, 4) is 5.75 Å². The third-order valence-corrected chi connectivity index (χ3v) is 5.95. The molecule has 5 nitrogen and oxygen atoms in total. The van der Waals surface area contributed by atoms with Crippen molar-refractivity contribution in [3.63, 3.8) is 0 Å². The Morgan fingerprint density at radius 3 is 2.35 bits per heavy atom. The molecule has 23 heavy (non-hydrogen) atoms. The summed E-state index contributed by atoms with van der Waals surface area (Å²) in [6.45, 7) is 11.1. The van der Waals surface area contributed by atoms with Gasteiger partial charge in [-0.1, -0.05) is 6.92 Å². The average molecular weight is 340 g/mol. The quantitative estimate of drug-likeness (QED) is 0.822. The molecule has 0 atom stereocenters. The Balaban J connectivity index is 1.91. The van der Waals surface area contributed by atoms with Gasteiger partial charge < -0.3 is 15.0 Å². The molecule has 1 aromatic rings. The number of rotatable bonds is 7. The number of nitrogens with zero attached hydrogens (tertiary/aromatic N) is 1. The first kappa shape index (κ1) is 18.2. The predicted octanol–water partition coefficient (Wildman–Crippen LogP) is 1.93. The first-order valence-electron chi connectivity index (χ1n) is 8.27. The molecule has 0 radical (unpaired) electrons. The number of sulfone groups is 1. The summed E-state index contributed by atoms with van der Waals surface area (Å²) in [6.07, 6.45) is 0.933. The first-order valence-corrected chi connectivity index (χ1v) is 9.92. The fourth-order valence-corrected chi connectivity index (χ4v) is 3.50. The lowest BCUT2D eigenvalue weighted by molar-refractivity contribution is 0.0808. The summed E-state index contributed by atoms with van der Waals surface area (Å²) in [7, 11) is -3.15. The normalized spacial score (nSPS) is 17.2. The SMILES string of the molecule is CCS(=O)(=O)c1ccc(OC(C)(C)CCN2CCNCC2)cc1. The van der Waals surface area contributed by atoms with Gasteiger partial charge in [-0.05, 0) is 44.5 Å². The molecule has 1 heterocycles. The van der Waals surface area contributed by atoms with Crippen LogP contribution < -0.4 is 10.1 Å². The minimum Gasteiger partial charge on any atom is -0.488 e. The summed E-state index contributed by atoms with van der Waals surface area (Å²) in [4.78, 5) is 2.80. The molecule has 0 unspecified atom stereocenters. The van der Waals surface area contributed by atoms with Gasteiger partial charge in [0.15, 0.2) is 9.84 Å². The van der Waals surface area contributed by atoms with Crippen LogP contribution in [0.4, 0.5) is 0 Å². The number of ether oxygens (including phenoxy) is 1. The van der Waals surface area contributed by atoms with Crippen molar-refractivity contribution in [1.29, 1.82) is 0 Å². The van der Waals surface area contributed by atoms with E-state index in [9.17, 15) is 8.42 Å². The molecule has 2 rings (SSSR count). The minimum atomic E-state index is -3.15. The van der Waals surface area contributed by atoms with Gasteiger partial charge in [0.25, 0.3) is 0 Å². The number of nitrogens with one attached hydrogen (secondary N) is 1. The lowest BCUT2D eigenvalue weighted by Crippen LogP contribution is -2.45. The van der Waals surface area contributed by atoms with Gasteiger partial charge in [-0.15, -0.1) is 0 Å². The lowest BCUT2D eigenvalue weighted by Gasteiger charge is -2.32. The van der Waals surface area contributed by atoms with Crippen LogP contribution in [-0.4, -0.2) is 57.4 Å². The first-order chi connectivity index (χ1) is 10.8. The maximum atomic E-state index is 11.8. The maximum Gasteiger partial charge on any atom is 0.178 e. The van der Waals surface area contributed by atoms with Gasteiger partial charge in [-0.2, -0.15) is 0 Å². The summed E-state index contributed by atoms with van der Waals surface area (Å²) >= 11 is 0. The van der Waals surface area contributed by atoms with E-state index in [-0.39, 0.29) is 11.4 Å². The van der Waals surface area contributed by atoms with E-state index in [4.69, 9.17) is 4.74 Å². The van der Waals surface area contributed by atoms with Crippen molar-refractivity contribution in [2.24, 2.45) is 0 Å². The molecule has 0 aliphatic carbocycles. The van der Waals surface area contributed by atoms with Gasteiger partial charge in [0.1, 0.15) is 11.4 Å². The number of hydrogen-bond acceptors (Lipinski definition) is 5. The van der Waals surface area contributed by atoms with Gasteiger partial charge in [0.05, 0.1) is 10.6 Å². The van der Waals surface area contributed by atoms with E-state index in [0.29, 0.717) is 10.6 Å². The topological polar surface area (TPSA) is 58.6 Å². The van der Waals surface area contributed by atoms with Crippen LogP contribution >= 0.6 is 0 Å². The smallest absolute Gasteiger partial charge is 0.178 e. The van der Waals surface area contributed by atoms with Crippen molar-refractivity contribution < 1.29 is 13.2 Å². The van der Waals surface area contributed by atoms with Gasteiger partial charge in [-0.25, -0.2) is 8.42 Å². The molecular weight excluding hydrogens is 312 g/mol. The second-order valence-corrected chi connectivity index (χ2v) is 8.86. The maximum absolute atomic E-state index is 11.8. The molecule has 130 valence electrons. The highest BCUT2D eigenvalue weighted by atomic mass is 32.2. The second kappa shape index (κ2) is 7.64. The Bertz CT molecular complexity index is 591. The fourth-order valence-electron chi connectivity index (χ4n) is 2.61. The Morgan fingerprint density at radius 1 is 1.17 bits per heavy atom. The lowest BCUT2D eigenvalue weighted by atomic mass is 10.0. The Labute approximate surface area is 139 Å². The summed E-state index contributed by atoms with van der Waals surface area (Å²) in [6, 6.07) is 6.74. The Hall–Kier alpha value is -1.11. The largest absolute Gasteiger partial charge is 0.488 e. The van der Waals surface area contributed by atoms with Crippen LogP contribution in [0.3, 0.4) is 0 Å². The third kappa shape index (κ3) is 5.48. The summed E-state index contributed by atoms with van der Waals surface area (Å²) in [5.41, 5.74) is -0.282. The molecular formula is C17H28N2O3S. The molecule has 1 fully saturated rings. The average Bonchev–Trinajstić information content (AvgIpc) is 2.54. The molecule has 0 amide bonds. The molecule has 0 spiro atoms. The van der Waals surface area contributed by atoms with Crippen molar-refractivity contribution in [2.45, 2.75) is 37.7 Å². The molecule has 0 bridgehead atoms. The zero-order valence-corrected chi connectivity index (χ0v) is 15.2.